The van der Waals surface area contributed by atoms with Crippen molar-refractivity contribution >= 4 is 0 Å². The first-order valence-corrected chi connectivity index (χ1v) is 6.62. The summed E-state index contributed by atoms with van der Waals surface area (Å²) in [4.78, 5) is 0. The van der Waals surface area contributed by atoms with Gasteiger partial charge in [0.25, 0.3) is 0 Å². The lowest BCUT2D eigenvalue weighted by Gasteiger charge is -2.36. The van der Waals surface area contributed by atoms with Gasteiger partial charge in [0.2, 0.25) is 0 Å². The standard InChI is InChI=1S/C14H27NO/c1-4-5-6-7-8-10-15-13-9-11-16-14(2,3)12-13/h4,13,15H,1,5-12H2,2-3H3. The Morgan fingerprint density at radius 2 is 2.19 bits per heavy atom. The van der Waals surface area contributed by atoms with E-state index in [1.165, 1.54) is 19.3 Å². The molecular formula is C14H27NO. The van der Waals surface area contributed by atoms with E-state index in [-0.39, 0.29) is 5.60 Å². The smallest absolute Gasteiger partial charge is 0.0641 e. The molecule has 0 aromatic carbocycles. The van der Waals surface area contributed by atoms with Gasteiger partial charge in [-0.3, -0.25) is 0 Å². The molecule has 1 fully saturated rings. The van der Waals surface area contributed by atoms with Crippen LogP contribution in [0.25, 0.3) is 0 Å². The summed E-state index contributed by atoms with van der Waals surface area (Å²) in [5.74, 6) is 0. The Morgan fingerprint density at radius 1 is 1.38 bits per heavy atom. The molecule has 94 valence electrons. The Hall–Kier alpha value is -0.340. The molecule has 1 atom stereocenters. The quantitative estimate of drug-likeness (QED) is 0.530. The van der Waals surface area contributed by atoms with Crippen molar-refractivity contribution in [2.45, 2.75) is 64.0 Å². The van der Waals surface area contributed by atoms with Crippen LogP contribution in [0.4, 0.5) is 0 Å². The minimum absolute atomic E-state index is 0.0682. The van der Waals surface area contributed by atoms with Crippen molar-refractivity contribution in [1.29, 1.82) is 0 Å². The van der Waals surface area contributed by atoms with Crippen LogP contribution in [0.1, 0.15) is 52.4 Å². The topological polar surface area (TPSA) is 21.3 Å². The van der Waals surface area contributed by atoms with Crippen LogP contribution in [0.3, 0.4) is 0 Å². The zero-order valence-electron chi connectivity index (χ0n) is 10.9. The third-order valence-corrected chi connectivity index (χ3v) is 3.22. The monoisotopic (exact) mass is 225 g/mol. The normalized spacial score (nSPS) is 24.2. The van der Waals surface area contributed by atoms with E-state index in [1.54, 1.807) is 0 Å². The van der Waals surface area contributed by atoms with Gasteiger partial charge in [0.05, 0.1) is 5.60 Å². The molecule has 0 aliphatic carbocycles. The second kappa shape index (κ2) is 7.08. The van der Waals surface area contributed by atoms with Gasteiger partial charge in [0, 0.05) is 12.6 Å². The Morgan fingerprint density at radius 3 is 2.88 bits per heavy atom. The highest BCUT2D eigenvalue weighted by atomic mass is 16.5. The van der Waals surface area contributed by atoms with E-state index < -0.39 is 0 Å². The third-order valence-electron chi connectivity index (χ3n) is 3.22. The summed E-state index contributed by atoms with van der Waals surface area (Å²) in [6.45, 7) is 10.2. The SMILES string of the molecule is C=CCCCCCNC1CCOC(C)(C)C1. The van der Waals surface area contributed by atoms with E-state index >= 15 is 0 Å². The van der Waals surface area contributed by atoms with Crippen LogP contribution in [0.15, 0.2) is 12.7 Å². The molecule has 1 saturated heterocycles. The first-order valence-electron chi connectivity index (χ1n) is 6.62. The summed E-state index contributed by atoms with van der Waals surface area (Å²) in [5, 5.41) is 3.65. The molecule has 2 heteroatoms. The van der Waals surface area contributed by atoms with Crippen LogP contribution in [-0.2, 0) is 4.74 Å². The molecule has 0 saturated carbocycles. The number of rotatable bonds is 7. The van der Waals surface area contributed by atoms with Gasteiger partial charge in [-0.15, -0.1) is 6.58 Å². The lowest BCUT2D eigenvalue weighted by atomic mass is 9.94. The maximum absolute atomic E-state index is 5.70. The molecule has 1 aliphatic rings. The lowest BCUT2D eigenvalue weighted by molar-refractivity contribution is -0.0627. The van der Waals surface area contributed by atoms with Crippen LogP contribution in [0, 0.1) is 0 Å². The van der Waals surface area contributed by atoms with Gasteiger partial charge >= 0.3 is 0 Å². The fourth-order valence-electron chi connectivity index (χ4n) is 2.30. The molecule has 1 unspecified atom stereocenters. The molecule has 0 bridgehead atoms. The number of hydrogen-bond donors (Lipinski definition) is 1. The molecular weight excluding hydrogens is 198 g/mol. The Labute approximate surface area is 100 Å². The Kier molecular flexibility index (Phi) is 6.07. The number of unbranched alkanes of at least 4 members (excludes halogenated alkanes) is 3. The molecule has 0 aromatic heterocycles. The first-order chi connectivity index (χ1) is 7.64. The van der Waals surface area contributed by atoms with Crippen molar-refractivity contribution in [3.8, 4) is 0 Å². The Bertz CT molecular complexity index is 201. The molecule has 0 radical (unpaired) electrons. The van der Waals surface area contributed by atoms with Crippen LogP contribution < -0.4 is 5.32 Å². The second-order valence-corrected chi connectivity index (χ2v) is 5.39. The van der Waals surface area contributed by atoms with Crippen LogP contribution in [-0.4, -0.2) is 24.8 Å². The highest BCUT2D eigenvalue weighted by Crippen LogP contribution is 2.23. The predicted molar refractivity (Wildman–Crippen MR) is 69.7 cm³/mol. The molecule has 0 spiro atoms. The number of hydrogen-bond acceptors (Lipinski definition) is 2. The summed E-state index contributed by atoms with van der Waals surface area (Å²) in [6, 6.07) is 0.656. The summed E-state index contributed by atoms with van der Waals surface area (Å²) < 4.78 is 5.70. The van der Waals surface area contributed by atoms with Gasteiger partial charge < -0.3 is 10.1 Å². The highest BCUT2D eigenvalue weighted by Gasteiger charge is 2.28. The van der Waals surface area contributed by atoms with Crippen LogP contribution in [0.5, 0.6) is 0 Å². The van der Waals surface area contributed by atoms with Crippen molar-refractivity contribution in [1.82, 2.24) is 5.32 Å². The van der Waals surface area contributed by atoms with Crippen molar-refractivity contribution in [3.63, 3.8) is 0 Å². The van der Waals surface area contributed by atoms with Crippen molar-refractivity contribution in [3.05, 3.63) is 12.7 Å². The van der Waals surface area contributed by atoms with E-state index in [0.29, 0.717) is 6.04 Å². The van der Waals surface area contributed by atoms with E-state index in [0.717, 1.165) is 32.4 Å². The molecule has 0 aromatic rings. The van der Waals surface area contributed by atoms with Crippen LogP contribution >= 0.6 is 0 Å². The highest BCUT2D eigenvalue weighted by molar-refractivity contribution is 4.82. The number of nitrogens with one attached hydrogen (secondary N) is 1. The average molecular weight is 225 g/mol. The largest absolute Gasteiger partial charge is 0.375 e. The van der Waals surface area contributed by atoms with Crippen molar-refractivity contribution in [2.75, 3.05) is 13.2 Å². The molecule has 1 aliphatic heterocycles. The summed E-state index contributed by atoms with van der Waals surface area (Å²) >= 11 is 0. The fourth-order valence-corrected chi connectivity index (χ4v) is 2.30. The predicted octanol–water partition coefficient (Wildman–Crippen LogP) is 3.28. The van der Waals surface area contributed by atoms with E-state index in [4.69, 9.17) is 4.74 Å². The minimum Gasteiger partial charge on any atom is -0.375 e. The maximum atomic E-state index is 5.70. The first kappa shape index (κ1) is 13.7. The second-order valence-electron chi connectivity index (χ2n) is 5.39. The number of ether oxygens (including phenoxy) is 1. The zero-order chi connectivity index (χ0) is 11.9. The summed E-state index contributed by atoms with van der Waals surface area (Å²) in [7, 11) is 0. The van der Waals surface area contributed by atoms with Crippen molar-refractivity contribution in [2.24, 2.45) is 0 Å². The lowest BCUT2D eigenvalue weighted by Crippen LogP contribution is -2.43. The van der Waals surface area contributed by atoms with E-state index in [1.807, 2.05) is 6.08 Å². The average Bonchev–Trinajstić information content (AvgIpc) is 2.22. The van der Waals surface area contributed by atoms with Gasteiger partial charge in [-0.2, -0.15) is 0 Å². The fraction of sp³-hybridized carbons (Fsp3) is 0.857. The molecule has 1 heterocycles. The van der Waals surface area contributed by atoms with Crippen LogP contribution in [0.2, 0.25) is 0 Å². The van der Waals surface area contributed by atoms with Gasteiger partial charge in [-0.1, -0.05) is 12.5 Å². The third kappa shape index (κ3) is 5.66. The molecule has 0 amide bonds. The van der Waals surface area contributed by atoms with Gasteiger partial charge in [0.1, 0.15) is 0 Å². The van der Waals surface area contributed by atoms with Gasteiger partial charge in [-0.05, 0) is 52.5 Å². The van der Waals surface area contributed by atoms with Gasteiger partial charge in [0.15, 0.2) is 0 Å². The van der Waals surface area contributed by atoms with E-state index in [2.05, 4.69) is 25.7 Å². The summed E-state index contributed by atoms with van der Waals surface area (Å²) in [6.07, 6.45) is 9.34. The Balaban J connectivity index is 2.02. The molecule has 2 nitrogen and oxygen atoms in total. The zero-order valence-corrected chi connectivity index (χ0v) is 10.9. The summed E-state index contributed by atoms with van der Waals surface area (Å²) in [5.41, 5.74) is 0.0682. The molecule has 1 N–H and O–H groups in total. The molecule has 1 rings (SSSR count). The number of allylic oxidation sites excluding steroid dienone is 1. The van der Waals surface area contributed by atoms with Crippen molar-refractivity contribution < 1.29 is 4.74 Å². The molecule has 16 heavy (non-hydrogen) atoms. The van der Waals surface area contributed by atoms with Gasteiger partial charge in [-0.25, -0.2) is 0 Å². The maximum Gasteiger partial charge on any atom is 0.0641 e. The van der Waals surface area contributed by atoms with E-state index in [9.17, 15) is 0 Å². The minimum atomic E-state index is 0.0682.